The van der Waals surface area contributed by atoms with E-state index < -0.39 is 19.7 Å². The highest BCUT2D eigenvalue weighted by atomic mass is 31.2. The van der Waals surface area contributed by atoms with E-state index in [0.29, 0.717) is 12.8 Å². The normalized spacial score (nSPS) is 11.1. The zero-order valence-corrected chi connectivity index (χ0v) is 11.9. The van der Waals surface area contributed by atoms with E-state index in [2.05, 4.69) is 9.47 Å². The second-order valence-electron chi connectivity index (χ2n) is 4.14. The molecule has 0 saturated carbocycles. The molecule has 19 heavy (non-hydrogen) atoms. The van der Waals surface area contributed by atoms with Crippen LogP contribution in [0.2, 0.25) is 0 Å². The quantitative estimate of drug-likeness (QED) is 0.354. The molecule has 0 spiro atoms. The molecule has 8 heteroatoms. The third-order valence-electron chi connectivity index (χ3n) is 2.35. The molecule has 0 aliphatic heterocycles. The van der Waals surface area contributed by atoms with E-state index in [1.165, 1.54) is 7.11 Å². The van der Waals surface area contributed by atoms with Gasteiger partial charge in [0.2, 0.25) is 0 Å². The summed E-state index contributed by atoms with van der Waals surface area (Å²) in [4.78, 5) is 38.8. The number of unbranched alkanes of at least 4 members (excludes halogenated alkanes) is 4. The number of hydrogen-bond donors (Lipinski definition) is 2. The standard InChI is InChI=1S/C11H21O7P/c1-17-10(12)7-5-3-2-4-6-8-18-11(13)9-19(14,15)16/h2-9H2,1H3,(H2,14,15,16). The van der Waals surface area contributed by atoms with Crippen LogP contribution in [-0.4, -0.2) is 41.6 Å². The van der Waals surface area contributed by atoms with Crippen molar-refractivity contribution in [2.45, 2.75) is 38.5 Å². The zero-order chi connectivity index (χ0) is 14.7. The van der Waals surface area contributed by atoms with E-state index in [1.54, 1.807) is 0 Å². The number of carbonyl (C=O) groups is 2. The summed E-state index contributed by atoms with van der Waals surface area (Å²) in [7, 11) is -2.97. The second-order valence-corrected chi connectivity index (χ2v) is 5.78. The first-order valence-corrected chi connectivity index (χ1v) is 7.92. The minimum absolute atomic E-state index is 0.163. The van der Waals surface area contributed by atoms with Gasteiger partial charge in [-0.25, -0.2) is 0 Å². The van der Waals surface area contributed by atoms with Gasteiger partial charge in [0, 0.05) is 6.42 Å². The Morgan fingerprint density at radius 2 is 1.58 bits per heavy atom. The molecule has 0 aromatic rings. The van der Waals surface area contributed by atoms with Gasteiger partial charge in [0.1, 0.15) is 6.16 Å². The predicted molar refractivity (Wildman–Crippen MR) is 67.6 cm³/mol. The van der Waals surface area contributed by atoms with Crippen LogP contribution in [0.1, 0.15) is 38.5 Å². The van der Waals surface area contributed by atoms with Crippen molar-refractivity contribution >= 4 is 19.5 Å². The van der Waals surface area contributed by atoms with E-state index in [9.17, 15) is 14.2 Å². The van der Waals surface area contributed by atoms with Crippen LogP contribution in [0.15, 0.2) is 0 Å². The van der Waals surface area contributed by atoms with Crippen LogP contribution < -0.4 is 0 Å². The molecule has 0 rings (SSSR count). The summed E-state index contributed by atoms with van der Waals surface area (Å²) in [5, 5.41) is 0. The summed E-state index contributed by atoms with van der Waals surface area (Å²) in [6.07, 6.45) is 3.60. The monoisotopic (exact) mass is 296 g/mol. The Morgan fingerprint density at radius 3 is 2.16 bits per heavy atom. The number of hydrogen-bond acceptors (Lipinski definition) is 5. The molecule has 0 heterocycles. The van der Waals surface area contributed by atoms with E-state index in [-0.39, 0.29) is 12.6 Å². The Morgan fingerprint density at radius 1 is 1.00 bits per heavy atom. The van der Waals surface area contributed by atoms with Crippen LogP contribution in [0.5, 0.6) is 0 Å². The fourth-order valence-electron chi connectivity index (χ4n) is 1.40. The Bertz CT molecular complexity index is 323. The average molecular weight is 296 g/mol. The maximum atomic E-state index is 10.9. The highest BCUT2D eigenvalue weighted by Gasteiger charge is 2.19. The lowest BCUT2D eigenvalue weighted by Gasteiger charge is -2.05. The van der Waals surface area contributed by atoms with Crippen molar-refractivity contribution in [1.29, 1.82) is 0 Å². The van der Waals surface area contributed by atoms with Crippen molar-refractivity contribution in [2.24, 2.45) is 0 Å². The smallest absolute Gasteiger partial charge is 0.336 e. The summed E-state index contributed by atoms with van der Waals surface area (Å²) in [6.45, 7) is 0.163. The molecule has 0 bridgehead atoms. The van der Waals surface area contributed by atoms with Crippen molar-refractivity contribution < 1.29 is 33.4 Å². The van der Waals surface area contributed by atoms with Gasteiger partial charge in [-0.05, 0) is 12.8 Å². The molecule has 2 N–H and O–H groups in total. The summed E-state index contributed by atoms with van der Waals surface area (Å²) < 4.78 is 19.7. The van der Waals surface area contributed by atoms with Gasteiger partial charge in [-0.3, -0.25) is 14.2 Å². The molecule has 0 atom stereocenters. The zero-order valence-electron chi connectivity index (χ0n) is 11.0. The van der Waals surface area contributed by atoms with Gasteiger partial charge in [-0.1, -0.05) is 19.3 Å². The largest absolute Gasteiger partial charge is 0.469 e. The van der Waals surface area contributed by atoms with Crippen molar-refractivity contribution in [1.82, 2.24) is 0 Å². The van der Waals surface area contributed by atoms with Crippen molar-refractivity contribution in [3.63, 3.8) is 0 Å². The Kier molecular flexibility index (Phi) is 9.47. The maximum Gasteiger partial charge on any atom is 0.336 e. The molecule has 0 aromatic carbocycles. The third-order valence-corrected chi connectivity index (χ3v) is 3.02. The lowest BCUT2D eigenvalue weighted by molar-refractivity contribution is -0.141. The van der Waals surface area contributed by atoms with E-state index in [0.717, 1.165) is 25.7 Å². The average Bonchev–Trinajstić information content (AvgIpc) is 2.29. The van der Waals surface area contributed by atoms with Gasteiger partial charge < -0.3 is 19.3 Å². The molecule has 0 unspecified atom stereocenters. The van der Waals surface area contributed by atoms with Crippen LogP contribution >= 0.6 is 7.60 Å². The Balaban J connectivity index is 3.34. The van der Waals surface area contributed by atoms with Gasteiger partial charge >= 0.3 is 19.5 Å². The van der Waals surface area contributed by atoms with Crippen LogP contribution in [0.25, 0.3) is 0 Å². The van der Waals surface area contributed by atoms with E-state index in [4.69, 9.17) is 9.79 Å². The molecule has 0 aromatic heterocycles. The van der Waals surface area contributed by atoms with Gasteiger partial charge in [0.05, 0.1) is 13.7 Å². The van der Waals surface area contributed by atoms with Gasteiger partial charge in [0.15, 0.2) is 0 Å². The molecular weight excluding hydrogens is 275 g/mol. The molecule has 0 radical (unpaired) electrons. The van der Waals surface area contributed by atoms with Crippen molar-refractivity contribution in [3.8, 4) is 0 Å². The molecule has 7 nitrogen and oxygen atoms in total. The van der Waals surface area contributed by atoms with E-state index >= 15 is 0 Å². The summed E-state index contributed by atoms with van der Waals surface area (Å²) in [5.74, 6) is -1.09. The number of ether oxygens (including phenoxy) is 2. The highest BCUT2D eigenvalue weighted by molar-refractivity contribution is 7.52. The minimum atomic E-state index is -4.32. The fraction of sp³-hybridized carbons (Fsp3) is 0.818. The Hall–Kier alpha value is -0.910. The lowest BCUT2D eigenvalue weighted by Crippen LogP contribution is -2.10. The summed E-state index contributed by atoms with van der Waals surface area (Å²) in [5.41, 5.74) is 0. The Labute approximate surface area is 112 Å². The number of methoxy groups -OCH3 is 1. The van der Waals surface area contributed by atoms with Crippen LogP contribution in [0, 0.1) is 0 Å². The third kappa shape index (κ3) is 13.3. The van der Waals surface area contributed by atoms with Crippen molar-refractivity contribution in [2.75, 3.05) is 19.9 Å². The molecule has 0 fully saturated rings. The molecule has 0 amide bonds. The SMILES string of the molecule is COC(=O)CCCCCCCOC(=O)CP(=O)(O)O. The topological polar surface area (TPSA) is 110 Å². The van der Waals surface area contributed by atoms with Crippen LogP contribution in [-0.2, 0) is 23.6 Å². The minimum Gasteiger partial charge on any atom is -0.469 e. The summed E-state index contributed by atoms with van der Waals surface area (Å²) in [6, 6.07) is 0. The van der Waals surface area contributed by atoms with Gasteiger partial charge in [0.25, 0.3) is 0 Å². The van der Waals surface area contributed by atoms with Crippen LogP contribution in [0.4, 0.5) is 0 Å². The number of carbonyl (C=O) groups excluding carboxylic acids is 2. The lowest BCUT2D eigenvalue weighted by atomic mass is 10.1. The van der Waals surface area contributed by atoms with Gasteiger partial charge in [-0.15, -0.1) is 0 Å². The van der Waals surface area contributed by atoms with Crippen molar-refractivity contribution in [3.05, 3.63) is 0 Å². The number of rotatable bonds is 10. The summed E-state index contributed by atoms with van der Waals surface area (Å²) >= 11 is 0. The van der Waals surface area contributed by atoms with Gasteiger partial charge in [-0.2, -0.15) is 0 Å². The maximum absolute atomic E-state index is 10.9. The molecule has 112 valence electrons. The highest BCUT2D eigenvalue weighted by Crippen LogP contribution is 2.33. The number of esters is 2. The first-order chi connectivity index (χ1) is 8.85. The van der Waals surface area contributed by atoms with Crippen LogP contribution in [0.3, 0.4) is 0 Å². The predicted octanol–water partition coefficient (Wildman–Crippen LogP) is 1.22. The second kappa shape index (κ2) is 9.95. The van der Waals surface area contributed by atoms with E-state index in [1.807, 2.05) is 0 Å². The first-order valence-electron chi connectivity index (χ1n) is 6.12. The fourth-order valence-corrected chi connectivity index (χ4v) is 1.83. The first kappa shape index (κ1) is 18.1. The molecular formula is C11H21O7P. The molecule has 0 aliphatic carbocycles. The molecule has 0 saturated heterocycles. The molecule has 0 aliphatic rings.